The molecule has 0 saturated carbocycles. The van der Waals surface area contributed by atoms with E-state index in [2.05, 4.69) is 0 Å². The first-order valence-corrected chi connectivity index (χ1v) is 5.29. The lowest BCUT2D eigenvalue weighted by Gasteiger charge is -2.15. The highest BCUT2D eigenvalue weighted by Gasteiger charge is 2.11. The zero-order chi connectivity index (χ0) is 8.04. The Morgan fingerprint density at radius 1 is 1.50 bits per heavy atom. The van der Waals surface area contributed by atoms with Gasteiger partial charge in [-0.05, 0) is 0 Å². The van der Waals surface area contributed by atoms with Gasteiger partial charge in [-0.2, -0.15) is 0 Å². The maximum atomic E-state index is 8.81. The minimum atomic E-state index is -1.55. The highest BCUT2D eigenvalue weighted by Crippen LogP contribution is 2.21. The van der Waals surface area contributed by atoms with E-state index in [0.29, 0.717) is 12.3 Å². The molecule has 5 N–H and O–H groups in total. The van der Waals surface area contributed by atoms with Crippen molar-refractivity contribution < 1.29 is 5.11 Å². The molecule has 0 rings (SSSR count). The second-order valence-electron chi connectivity index (χ2n) is 1.86. The van der Waals surface area contributed by atoms with Gasteiger partial charge in [0.25, 0.3) is 0 Å². The van der Waals surface area contributed by atoms with E-state index in [4.69, 9.17) is 24.4 Å². The van der Waals surface area contributed by atoms with Gasteiger partial charge in [0.2, 0.25) is 0 Å². The standard InChI is InChI=1S/C4H11BN2OS2/c5-4(7,8)3-10-9-2-1-6/h8H,1-3,6-7H2. The van der Waals surface area contributed by atoms with Crippen LogP contribution in [0.3, 0.4) is 0 Å². The highest BCUT2D eigenvalue weighted by atomic mass is 33.1. The van der Waals surface area contributed by atoms with E-state index >= 15 is 0 Å². The lowest BCUT2D eigenvalue weighted by molar-refractivity contribution is 0.162. The van der Waals surface area contributed by atoms with Crippen LogP contribution in [0.5, 0.6) is 0 Å². The molecule has 10 heavy (non-hydrogen) atoms. The molecule has 2 radical (unpaired) electrons. The molecule has 0 aliphatic heterocycles. The normalized spacial score (nSPS) is 16.7. The Labute approximate surface area is 70.1 Å². The van der Waals surface area contributed by atoms with Crippen LogP contribution in [0.15, 0.2) is 0 Å². The molecule has 0 fully saturated rings. The molecule has 0 heterocycles. The molecule has 1 unspecified atom stereocenters. The van der Waals surface area contributed by atoms with Crippen LogP contribution in [0, 0.1) is 0 Å². The minimum Gasteiger partial charge on any atom is -0.385 e. The molecule has 6 heteroatoms. The average Bonchev–Trinajstić information content (AvgIpc) is 1.78. The number of hydrogen-bond acceptors (Lipinski definition) is 5. The SMILES string of the molecule is [B]C(N)(O)CSSCCN. The molecule has 0 amide bonds. The Morgan fingerprint density at radius 3 is 2.50 bits per heavy atom. The van der Waals surface area contributed by atoms with E-state index in [-0.39, 0.29) is 0 Å². The Bertz CT molecular complexity index is 87.8. The first-order valence-electron chi connectivity index (χ1n) is 2.81. The predicted octanol–water partition coefficient (Wildman–Crippen LogP) is -0.900. The van der Waals surface area contributed by atoms with Crippen LogP contribution < -0.4 is 11.5 Å². The summed E-state index contributed by atoms with van der Waals surface area (Å²) in [7, 11) is 8.06. The molecule has 0 aliphatic rings. The van der Waals surface area contributed by atoms with Crippen molar-refractivity contribution >= 4 is 29.4 Å². The monoisotopic (exact) mass is 178 g/mol. The topological polar surface area (TPSA) is 72.3 Å². The van der Waals surface area contributed by atoms with Crippen LogP contribution in [0.1, 0.15) is 0 Å². The number of nitrogens with two attached hydrogens (primary N) is 2. The molecule has 3 nitrogen and oxygen atoms in total. The van der Waals surface area contributed by atoms with E-state index in [9.17, 15) is 0 Å². The average molecular weight is 178 g/mol. The summed E-state index contributed by atoms with van der Waals surface area (Å²) in [6.07, 6.45) is 0. The van der Waals surface area contributed by atoms with Gasteiger partial charge in [0, 0.05) is 18.1 Å². The Morgan fingerprint density at radius 2 is 2.10 bits per heavy atom. The molecule has 0 saturated heterocycles. The number of aliphatic hydroxyl groups is 1. The van der Waals surface area contributed by atoms with Crippen LogP contribution in [0.25, 0.3) is 0 Å². The van der Waals surface area contributed by atoms with Crippen LogP contribution in [-0.4, -0.2) is 36.6 Å². The first-order chi connectivity index (χ1) is 4.56. The fourth-order valence-corrected chi connectivity index (χ4v) is 2.19. The van der Waals surface area contributed by atoms with Gasteiger partial charge in [0.05, 0.1) is 5.62 Å². The van der Waals surface area contributed by atoms with Gasteiger partial charge in [-0.15, -0.1) is 0 Å². The molecular formula is C4H11BN2OS2. The minimum absolute atomic E-state index is 0.317. The fraction of sp³-hybridized carbons (Fsp3) is 1.00. The summed E-state index contributed by atoms with van der Waals surface area (Å²) in [4.78, 5) is 0. The molecule has 1 atom stereocenters. The Kier molecular flexibility index (Phi) is 5.66. The van der Waals surface area contributed by atoms with Gasteiger partial charge in [-0.25, -0.2) is 0 Å². The Hall–Kier alpha value is 0.645. The largest absolute Gasteiger partial charge is 0.385 e. The summed E-state index contributed by atoms with van der Waals surface area (Å²) in [5.41, 5.74) is 8.76. The van der Waals surface area contributed by atoms with E-state index in [1.165, 1.54) is 10.8 Å². The lowest BCUT2D eigenvalue weighted by atomic mass is 9.95. The van der Waals surface area contributed by atoms with E-state index in [0.717, 1.165) is 5.75 Å². The van der Waals surface area contributed by atoms with Crippen molar-refractivity contribution in [3.8, 4) is 0 Å². The van der Waals surface area contributed by atoms with Gasteiger partial charge in [0.1, 0.15) is 7.85 Å². The van der Waals surface area contributed by atoms with Crippen molar-refractivity contribution in [3.05, 3.63) is 0 Å². The summed E-state index contributed by atoms with van der Waals surface area (Å²) in [5.74, 6) is 1.17. The van der Waals surface area contributed by atoms with Crippen LogP contribution in [0.2, 0.25) is 0 Å². The molecule has 0 aliphatic carbocycles. The van der Waals surface area contributed by atoms with Gasteiger partial charge in [0.15, 0.2) is 0 Å². The summed E-state index contributed by atoms with van der Waals surface area (Å²) in [6.45, 7) is 0.630. The van der Waals surface area contributed by atoms with Crippen molar-refractivity contribution in [1.29, 1.82) is 0 Å². The second kappa shape index (κ2) is 5.32. The molecular weight excluding hydrogens is 167 g/mol. The third-order valence-corrected chi connectivity index (χ3v) is 3.08. The van der Waals surface area contributed by atoms with E-state index < -0.39 is 5.62 Å². The van der Waals surface area contributed by atoms with Gasteiger partial charge in [-0.3, -0.25) is 0 Å². The zero-order valence-electron chi connectivity index (χ0n) is 5.62. The number of hydrogen-bond donors (Lipinski definition) is 3. The van der Waals surface area contributed by atoms with Crippen molar-refractivity contribution in [2.75, 3.05) is 18.1 Å². The predicted molar refractivity (Wildman–Crippen MR) is 48.9 cm³/mol. The molecule has 58 valence electrons. The van der Waals surface area contributed by atoms with Gasteiger partial charge >= 0.3 is 0 Å². The van der Waals surface area contributed by atoms with Crippen LogP contribution in [-0.2, 0) is 0 Å². The summed E-state index contributed by atoms with van der Waals surface area (Å²) >= 11 is 0. The molecule has 0 bridgehead atoms. The maximum absolute atomic E-state index is 8.81. The smallest absolute Gasteiger partial charge is 0.136 e. The summed E-state index contributed by atoms with van der Waals surface area (Å²) < 4.78 is 0. The number of rotatable bonds is 5. The lowest BCUT2D eigenvalue weighted by Crippen LogP contribution is -2.42. The van der Waals surface area contributed by atoms with Crippen LogP contribution in [0.4, 0.5) is 0 Å². The van der Waals surface area contributed by atoms with E-state index in [1.807, 2.05) is 0 Å². The third-order valence-electron chi connectivity index (χ3n) is 0.575. The molecule has 0 aromatic carbocycles. The second-order valence-corrected chi connectivity index (χ2v) is 4.45. The van der Waals surface area contributed by atoms with Gasteiger partial charge in [-0.1, -0.05) is 21.6 Å². The fourth-order valence-electron chi connectivity index (χ4n) is 0.243. The molecule has 0 aromatic heterocycles. The van der Waals surface area contributed by atoms with Crippen LogP contribution >= 0.6 is 21.6 Å². The first kappa shape index (κ1) is 10.6. The summed E-state index contributed by atoms with van der Waals surface area (Å²) in [6, 6.07) is 0. The van der Waals surface area contributed by atoms with Crippen molar-refractivity contribution in [3.63, 3.8) is 0 Å². The van der Waals surface area contributed by atoms with Crippen molar-refractivity contribution in [1.82, 2.24) is 0 Å². The maximum Gasteiger partial charge on any atom is 0.136 e. The third kappa shape index (κ3) is 8.64. The highest BCUT2D eigenvalue weighted by molar-refractivity contribution is 8.76. The van der Waals surface area contributed by atoms with Crippen molar-refractivity contribution in [2.45, 2.75) is 5.62 Å². The van der Waals surface area contributed by atoms with Crippen molar-refractivity contribution in [2.24, 2.45) is 11.5 Å². The van der Waals surface area contributed by atoms with E-state index in [1.54, 1.807) is 10.8 Å². The Balaban J connectivity index is 3.04. The molecule has 0 aromatic rings. The van der Waals surface area contributed by atoms with Gasteiger partial charge < -0.3 is 16.6 Å². The summed E-state index contributed by atoms with van der Waals surface area (Å²) in [5, 5.41) is 8.81. The quantitative estimate of drug-likeness (QED) is 0.220. The zero-order valence-corrected chi connectivity index (χ0v) is 7.25. The molecule has 0 spiro atoms.